The summed E-state index contributed by atoms with van der Waals surface area (Å²) >= 11 is 0. The van der Waals surface area contributed by atoms with Crippen LogP contribution in [-0.4, -0.2) is 27.9 Å². The molecule has 2 N–H and O–H groups in total. The van der Waals surface area contributed by atoms with Gasteiger partial charge in [0.25, 0.3) is 5.91 Å². The van der Waals surface area contributed by atoms with Gasteiger partial charge in [0.1, 0.15) is 0 Å². The Labute approximate surface area is 153 Å². The Balaban J connectivity index is 1.58. The average molecular weight is 352 g/mol. The predicted octanol–water partition coefficient (Wildman–Crippen LogP) is 3.40. The van der Waals surface area contributed by atoms with Crippen molar-refractivity contribution in [2.45, 2.75) is 39.9 Å². The molecule has 26 heavy (non-hydrogen) atoms. The third-order valence-corrected chi connectivity index (χ3v) is 4.73. The van der Waals surface area contributed by atoms with Gasteiger partial charge in [-0.3, -0.25) is 9.78 Å². The Morgan fingerprint density at radius 1 is 1.08 bits per heavy atom. The molecule has 1 atom stereocenters. The van der Waals surface area contributed by atoms with Crippen molar-refractivity contribution >= 4 is 17.6 Å². The number of pyridine rings is 1. The lowest BCUT2D eigenvalue weighted by atomic mass is 10.1. The van der Waals surface area contributed by atoms with Crippen LogP contribution in [0.15, 0.2) is 42.6 Å². The summed E-state index contributed by atoms with van der Waals surface area (Å²) in [5.41, 5.74) is 3.25. The van der Waals surface area contributed by atoms with E-state index in [-0.39, 0.29) is 18.0 Å². The van der Waals surface area contributed by atoms with E-state index in [1.54, 1.807) is 35.4 Å². The maximum absolute atomic E-state index is 12.4. The number of urea groups is 1. The van der Waals surface area contributed by atoms with Crippen molar-refractivity contribution in [3.8, 4) is 0 Å². The molecule has 1 aromatic heterocycles. The van der Waals surface area contributed by atoms with Crippen LogP contribution in [0.3, 0.4) is 0 Å². The molecule has 0 aliphatic carbocycles. The monoisotopic (exact) mass is 352 g/mol. The number of carbonyl (C=O) groups excluding carboxylic acids is 2. The predicted molar refractivity (Wildman–Crippen MR) is 101 cm³/mol. The van der Waals surface area contributed by atoms with Crippen molar-refractivity contribution < 1.29 is 9.59 Å². The zero-order valence-corrected chi connectivity index (χ0v) is 15.3. The van der Waals surface area contributed by atoms with E-state index in [1.165, 1.54) is 0 Å². The number of anilines is 1. The van der Waals surface area contributed by atoms with Gasteiger partial charge < -0.3 is 15.5 Å². The van der Waals surface area contributed by atoms with Gasteiger partial charge in [-0.15, -0.1) is 0 Å². The molecule has 1 aliphatic heterocycles. The molecule has 0 unspecified atom stereocenters. The van der Waals surface area contributed by atoms with Crippen molar-refractivity contribution in [3.05, 3.63) is 59.4 Å². The first-order valence-electron chi connectivity index (χ1n) is 8.83. The lowest BCUT2D eigenvalue weighted by Crippen LogP contribution is -2.36. The Hall–Kier alpha value is -2.89. The third kappa shape index (κ3) is 4.02. The molecule has 0 saturated heterocycles. The number of hydrogen-bond donors (Lipinski definition) is 2. The Bertz CT molecular complexity index is 777. The Morgan fingerprint density at radius 2 is 1.81 bits per heavy atom. The largest absolute Gasteiger partial charge is 0.349 e. The fourth-order valence-electron chi connectivity index (χ4n) is 2.71. The van der Waals surface area contributed by atoms with Crippen LogP contribution in [0.2, 0.25) is 0 Å². The summed E-state index contributed by atoms with van der Waals surface area (Å²) in [6.45, 7) is 7.18. The second-order valence-corrected chi connectivity index (χ2v) is 6.98. The fraction of sp³-hybridized carbons (Fsp3) is 0.350. The number of carbonyl (C=O) groups is 2. The number of amides is 3. The summed E-state index contributed by atoms with van der Waals surface area (Å²) in [6, 6.07) is 10.7. The molecule has 3 rings (SSSR count). The molecular weight excluding hydrogens is 328 g/mol. The maximum Gasteiger partial charge on any atom is 0.322 e. The van der Waals surface area contributed by atoms with Crippen molar-refractivity contribution in [1.29, 1.82) is 0 Å². The number of aromatic nitrogens is 1. The molecule has 3 amide bonds. The number of benzene rings is 1. The SMILES string of the molecule is CC(C)[C@@H](C)NC(=O)c1ccc(NC(=O)N2Cc3cccnc3C2)cc1. The molecule has 0 saturated carbocycles. The van der Waals surface area contributed by atoms with E-state index >= 15 is 0 Å². The van der Waals surface area contributed by atoms with E-state index in [0.29, 0.717) is 30.3 Å². The second kappa shape index (κ2) is 7.56. The molecule has 1 aliphatic rings. The van der Waals surface area contributed by atoms with E-state index < -0.39 is 0 Å². The van der Waals surface area contributed by atoms with E-state index in [2.05, 4.69) is 29.5 Å². The lowest BCUT2D eigenvalue weighted by Gasteiger charge is -2.18. The summed E-state index contributed by atoms with van der Waals surface area (Å²) in [6.07, 6.45) is 1.74. The first-order chi connectivity index (χ1) is 12.4. The number of fused-ring (bicyclic) bond motifs is 1. The van der Waals surface area contributed by atoms with Crippen LogP contribution in [0.4, 0.5) is 10.5 Å². The average Bonchev–Trinajstić information content (AvgIpc) is 3.06. The first-order valence-corrected chi connectivity index (χ1v) is 8.83. The fourth-order valence-corrected chi connectivity index (χ4v) is 2.71. The highest BCUT2D eigenvalue weighted by Crippen LogP contribution is 2.21. The molecule has 2 aromatic rings. The summed E-state index contributed by atoms with van der Waals surface area (Å²) in [5.74, 6) is 0.265. The smallest absolute Gasteiger partial charge is 0.322 e. The Kier molecular flexibility index (Phi) is 5.21. The van der Waals surface area contributed by atoms with Crippen LogP contribution in [0.1, 0.15) is 42.4 Å². The van der Waals surface area contributed by atoms with Crippen LogP contribution in [0.25, 0.3) is 0 Å². The molecule has 0 bridgehead atoms. The minimum absolute atomic E-state index is 0.104. The number of rotatable bonds is 4. The topological polar surface area (TPSA) is 74.3 Å². The van der Waals surface area contributed by atoms with E-state index in [9.17, 15) is 9.59 Å². The van der Waals surface area contributed by atoms with Crippen molar-refractivity contribution in [1.82, 2.24) is 15.2 Å². The zero-order valence-electron chi connectivity index (χ0n) is 15.3. The van der Waals surface area contributed by atoms with E-state index in [0.717, 1.165) is 11.3 Å². The quantitative estimate of drug-likeness (QED) is 0.885. The molecule has 6 nitrogen and oxygen atoms in total. The minimum atomic E-state index is -0.173. The normalized spacial score (nSPS) is 14.1. The van der Waals surface area contributed by atoms with Gasteiger partial charge in [-0.1, -0.05) is 19.9 Å². The Morgan fingerprint density at radius 3 is 2.46 bits per heavy atom. The van der Waals surface area contributed by atoms with Crippen LogP contribution in [0.5, 0.6) is 0 Å². The zero-order chi connectivity index (χ0) is 18.7. The van der Waals surface area contributed by atoms with Crippen LogP contribution in [-0.2, 0) is 13.1 Å². The highest BCUT2D eigenvalue weighted by molar-refractivity contribution is 5.95. The second-order valence-electron chi connectivity index (χ2n) is 6.98. The molecule has 2 heterocycles. The lowest BCUT2D eigenvalue weighted by molar-refractivity contribution is 0.0930. The molecule has 6 heteroatoms. The van der Waals surface area contributed by atoms with Crippen LogP contribution in [0, 0.1) is 5.92 Å². The summed E-state index contributed by atoms with van der Waals surface area (Å²) < 4.78 is 0. The summed E-state index contributed by atoms with van der Waals surface area (Å²) in [7, 11) is 0. The maximum atomic E-state index is 12.4. The van der Waals surface area contributed by atoms with Gasteiger partial charge in [-0.25, -0.2) is 4.79 Å². The van der Waals surface area contributed by atoms with E-state index in [1.807, 2.05) is 19.1 Å². The molecule has 1 aromatic carbocycles. The van der Waals surface area contributed by atoms with Gasteiger partial charge in [0.2, 0.25) is 0 Å². The van der Waals surface area contributed by atoms with Crippen LogP contribution < -0.4 is 10.6 Å². The van der Waals surface area contributed by atoms with Crippen molar-refractivity contribution in [3.63, 3.8) is 0 Å². The summed E-state index contributed by atoms with van der Waals surface area (Å²) in [5, 5.41) is 5.84. The molecule has 136 valence electrons. The van der Waals surface area contributed by atoms with Gasteiger partial charge >= 0.3 is 6.03 Å². The van der Waals surface area contributed by atoms with Gasteiger partial charge in [0, 0.05) is 30.0 Å². The summed E-state index contributed by atoms with van der Waals surface area (Å²) in [4.78, 5) is 30.7. The standard InChI is InChI=1S/C20H24N4O2/c1-13(2)14(3)22-19(25)15-6-8-17(9-7-15)23-20(26)24-11-16-5-4-10-21-18(16)12-24/h4-10,13-14H,11-12H2,1-3H3,(H,22,25)(H,23,26)/t14-/m1/s1. The molecule has 0 fully saturated rings. The van der Waals surface area contributed by atoms with Gasteiger partial charge in [0.15, 0.2) is 0 Å². The van der Waals surface area contributed by atoms with Gasteiger partial charge in [0.05, 0.1) is 12.2 Å². The minimum Gasteiger partial charge on any atom is -0.349 e. The molecule has 0 radical (unpaired) electrons. The number of hydrogen-bond acceptors (Lipinski definition) is 3. The third-order valence-electron chi connectivity index (χ3n) is 4.73. The van der Waals surface area contributed by atoms with E-state index in [4.69, 9.17) is 0 Å². The van der Waals surface area contributed by atoms with Gasteiger partial charge in [-0.2, -0.15) is 0 Å². The molecule has 0 spiro atoms. The number of nitrogens with one attached hydrogen (secondary N) is 2. The highest BCUT2D eigenvalue weighted by atomic mass is 16.2. The first kappa shape index (κ1) is 17.9. The van der Waals surface area contributed by atoms with Gasteiger partial charge in [-0.05, 0) is 48.7 Å². The highest BCUT2D eigenvalue weighted by Gasteiger charge is 2.24. The molecular formula is C20H24N4O2. The van der Waals surface area contributed by atoms with Crippen molar-refractivity contribution in [2.75, 3.05) is 5.32 Å². The number of nitrogens with zero attached hydrogens (tertiary/aromatic N) is 2. The van der Waals surface area contributed by atoms with Crippen molar-refractivity contribution in [2.24, 2.45) is 5.92 Å². The van der Waals surface area contributed by atoms with Crippen LogP contribution >= 0.6 is 0 Å².